The number of amides is 1. The maximum Gasteiger partial charge on any atom is 0.407 e. The molecule has 0 aromatic heterocycles. The van der Waals surface area contributed by atoms with E-state index in [1.165, 1.54) is 0 Å². The molecule has 0 bridgehead atoms. The summed E-state index contributed by atoms with van der Waals surface area (Å²) in [5.74, 6) is 0.429. The third-order valence-corrected chi connectivity index (χ3v) is 2.68. The van der Waals surface area contributed by atoms with Gasteiger partial charge in [-0.05, 0) is 26.2 Å². The van der Waals surface area contributed by atoms with Crippen molar-refractivity contribution in [1.82, 2.24) is 5.32 Å². The number of ether oxygens (including phenoxy) is 1. The summed E-state index contributed by atoms with van der Waals surface area (Å²) < 4.78 is 4.75. The first-order valence-corrected chi connectivity index (χ1v) is 5.71. The van der Waals surface area contributed by atoms with Gasteiger partial charge in [0.15, 0.2) is 0 Å². The lowest BCUT2D eigenvalue weighted by atomic mass is 9.80. The standard InChI is InChI=1S/C12H23NO3/c1-6-16-11(15)13-8-9(2)7-12(4,5)10(3)14/h9H,6-8H2,1-5H3,(H,13,15). The minimum atomic E-state index is -0.394. The minimum absolute atomic E-state index is 0.176. The first kappa shape index (κ1) is 14.9. The molecular formula is C12H23NO3. The van der Waals surface area contributed by atoms with E-state index in [4.69, 9.17) is 4.74 Å². The van der Waals surface area contributed by atoms with Gasteiger partial charge in [0.2, 0.25) is 0 Å². The number of Topliss-reactive ketones (excluding diaryl/α,β-unsaturated/α-hetero) is 1. The summed E-state index contributed by atoms with van der Waals surface area (Å²) in [5, 5.41) is 2.67. The first-order chi connectivity index (χ1) is 7.29. The van der Waals surface area contributed by atoms with E-state index in [9.17, 15) is 9.59 Å². The smallest absolute Gasteiger partial charge is 0.407 e. The summed E-state index contributed by atoms with van der Waals surface area (Å²) in [6, 6.07) is 0. The summed E-state index contributed by atoms with van der Waals surface area (Å²) in [4.78, 5) is 22.4. The van der Waals surface area contributed by atoms with Crippen LogP contribution >= 0.6 is 0 Å². The van der Waals surface area contributed by atoms with E-state index in [-0.39, 0.29) is 17.1 Å². The number of hydrogen-bond acceptors (Lipinski definition) is 3. The monoisotopic (exact) mass is 229 g/mol. The molecule has 1 unspecified atom stereocenters. The molecule has 0 spiro atoms. The summed E-state index contributed by atoms with van der Waals surface area (Å²) in [5.41, 5.74) is -0.324. The summed E-state index contributed by atoms with van der Waals surface area (Å²) in [6.07, 6.45) is 0.365. The van der Waals surface area contributed by atoms with Crippen molar-refractivity contribution in [1.29, 1.82) is 0 Å². The molecule has 16 heavy (non-hydrogen) atoms. The fraction of sp³-hybridized carbons (Fsp3) is 0.833. The van der Waals surface area contributed by atoms with Gasteiger partial charge in [0.25, 0.3) is 0 Å². The van der Waals surface area contributed by atoms with Gasteiger partial charge in [-0.3, -0.25) is 4.79 Å². The van der Waals surface area contributed by atoms with Crippen molar-refractivity contribution in [2.45, 2.75) is 41.0 Å². The molecule has 4 nitrogen and oxygen atoms in total. The number of hydrogen-bond donors (Lipinski definition) is 1. The van der Waals surface area contributed by atoms with Crippen molar-refractivity contribution in [3.05, 3.63) is 0 Å². The van der Waals surface area contributed by atoms with Crippen LogP contribution in [0.1, 0.15) is 41.0 Å². The highest BCUT2D eigenvalue weighted by molar-refractivity contribution is 5.81. The van der Waals surface area contributed by atoms with Crippen molar-refractivity contribution < 1.29 is 14.3 Å². The Bertz CT molecular complexity index is 249. The summed E-state index contributed by atoms with van der Waals surface area (Å²) in [7, 11) is 0. The zero-order chi connectivity index (χ0) is 12.8. The van der Waals surface area contributed by atoms with E-state index in [0.717, 1.165) is 6.42 Å². The van der Waals surface area contributed by atoms with Crippen molar-refractivity contribution in [2.24, 2.45) is 11.3 Å². The molecule has 0 rings (SSSR count). The van der Waals surface area contributed by atoms with Gasteiger partial charge in [0, 0.05) is 12.0 Å². The van der Waals surface area contributed by atoms with E-state index in [1.54, 1.807) is 13.8 Å². The Morgan fingerprint density at radius 1 is 1.38 bits per heavy atom. The van der Waals surface area contributed by atoms with Gasteiger partial charge < -0.3 is 10.1 Å². The zero-order valence-electron chi connectivity index (χ0n) is 10.9. The van der Waals surface area contributed by atoms with Crippen LogP contribution < -0.4 is 5.32 Å². The number of ketones is 1. The van der Waals surface area contributed by atoms with Gasteiger partial charge >= 0.3 is 6.09 Å². The molecule has 0 aliphatic carbocycles. The topological polar surface area (TPSA) is 55.4 Å². The highest BCUT2D eigenvalue weighted by atomic mass is 16.5. The largest absolute Gasteiger partial charge is 0.450 e. The predicted octanol–water partition coefficient (Wildman–Crippen LogP) is 2.37. The maximum atomic E-state index is 11.3. The van der Waals surface area contributed by atoms with Crippen LogP contribution in [0.2, 0.25) is 0 Å². The lowest BCUT2D eigenvalue weighted by Gasteiger charge is -2.25. The number of carbonyl (C=O) groups is 2. The van der Waals surface area contributed by atoms with Gasteiger partial charge in [-0.2, -0.15) is 0 Å². The quantitative estimate of drug-likeness (QED) is 0.760. The van der Waals surface area contributed by atoms with Crippen molar-refractivity contribution in [3.63, 3.8) is 0 Å². The third-order valence-electron chi connectivity index (χ3n) is 2.68. The molecule has 0 aromatic rings. The Balaban J connectivity index is 3.95. The molecule has 0 aliphatic rings. The Morgan fingerprint density at radius 2 is 1.94 bits per heavy atom. The molecule has 4 heteroatoms. The van der Waals surface area contributed by atoms with Gasteiger partial charge in [-0.1, -0.05) is 20.8 Å². The van der Waals surface area contributed by atoms with Gasteiger partial charge in [0.1, 0.15) is 5.78 Å². The molecule has 0 fully saturated rings. The summed E-state index contributed by atoms with van der Waals surface area (Å²) in [6.45, 7) is 10.1. The third kappa shape index (κ3) is 5.73. The van der Waals surface area contributed by atoms with E-state index in [1.807, 2.05) is 20.8 Å². The van der Waals surface area contributed by atoms with Crippen LogP contribution in [0, 0.1) is 11.3 Å². The Labute approximate surface area is 97.7 Å². The Hall–Kier alpha value is -1.06. The molecule has 0 aliphatic heterocycles. The van der Waals surface area contributed by atoms with E-state index < -0.39 is 6.09 Å². The molecule has 0 heterocycles. The van der Waals surface area contributed by atoms with Crippen LogP contribution in [0.3, 0.4) is 0 Å². The molecule has 0 saturated carbocycles. The molecule has 0 saturated heterocycles. The molecule has 1 N–H and O–H groups in total. The van der Waals surface area contributed by atoms with Gasteiger partial charge in [0.05, 0.1) is 6.61 Å². The molecule has 0 aromatic carbocycles. The lowest BCUT2D eigenvalue weighted by Crippen LogP contribution is -2.32. The van der Waals surface area contributed by atoms with Crippen LogP contribution in [0.25, 0.3) is 0 Å². The fourth-order valence-electron chi connectivity index (χ4n) is 1.53. The first-order valence-electron chi connectivity index (χ1n) is 5.71. The molecule has 94 valence electrons. The van der Waals surface area contributed by atoms with Gasteiger partial charge in [-0.15, -0.1) is 0 Å². The van der Waals surface area contributed by atoms with Crippen molar-refractivity contribution >= 4 is 11.9 Å². The van der Waals surface area contributed by atoms with Gasteiger partial charge in [-0.25, -0.2) is 4.79 Å². The minimum Gasteiger partial charge on any atom is -0.450 e. The van der Waals surface area contributed by atoms with Crippen LogP contribution in [0.5, 0.6) is 0 Å². The van der Waals surface area contributed by atoms with Crippen molar-refractivity contribution in [2.75, 3.05) is 13.2 Å². The van der Waals surface area contributed by atoms with Crippen LogP contribution in [-0.2, 0) is 9.53 Å². The predicted molar refractivity (Wildman–Crippen MR) is 63.3 cm³/mol. The Morgan fingerprint density at radius 3 is 2.38 bits per heavy atom. The van der Waals surface area contributed by atoms with Crippen LogP contribution in [0.15, 0.2) is 0 Å². The highest BCUT2D eigenvalue weighted by Crippen LogP contribution is 2.25. The van der Waals surface area contributed by atoms with E-state index >= 15 is 0 Å². The van der Waals surface area contributed by atoms with Crippen LogP contribution in [0.4, 0.5) is 4.79 Å². The van der Waals surface area contributed by atoms with Crippen molar-refractivity contribution in [3.8, 4) is 0 Å². The number of alkyl carbamates (subject to hydrolysis) is 1. The maximum absolute atomic E-state index is 11.3. The van der Waals surface area contributed by atoms with E-state index in [2.05, 4.69) is 5.32 Å². The zero-order valence-corrected chi connectivity index (χ0v) is 10.9. The molecular weight excluding hydrogens is 206 g/mol. The van der Waals surface area contributed by atoms with Crippen LogP contribution in [-0.4, -0.2) is 25.0 Å². The molecule has 0 radical (unpaired) electrons. The number of carbonyl (C=O) groups excluding carboxylic acids is 2. The average molecular weight is 229 g/mol. The molecule has 1 atom stereocenters. The highest BCUT2D eigenvalue weighted by Gasteiger charge is 2.26. The summed E-state index contributed by atoms with van der Waals surface area (Å²) >= 11 is 0. The average Bonchev–Trinajstić information content (AvgIpc) is 2.14. The fourth-order valence-corrected chi connectivity index (χ4v) is 1.53. The number of rotatable bonds is 6. The lowest BCUT2D eigenvalue weighted by molar-refractivity contribution is -0.125. The molecule has 1 amide bonds. The SMILES string of the molecule is CCOC(=O)NCC(C)CC(C)(C)C(C)=O. The number of nitrogens with one attached hydrogen (secondary N) is 1. The normalized spacial score (nSPS) is 13.1. The second-order valence-corrected chi connectivity index (χ2v) is 4.85. The second kappa shape index (κ2) is 6.51. The van der Waals surface area contributed by atoms with E-state index in [0.29, 0.717) is 13.2 Å². The second-order valence-electron chi connectivity index (χ2n) is 4.85. The Kier molecular flexibility index (Phi) is 6.08.